The first-order valence-electron chi connectivity index (χ1n) is 44.4. The first-order chi connectivity index (χ1) is 62.4. The Morgan fingerprint density at radius 1 is 0.328 bits per heavy atom. The lowest BCUT2D eigenvalue weighted by molar-refractivity contribution is -0.147. The molecule has 131 heavy (non-hydrogen) atoms. The van der Waals surface area contributed by atoms with Gasteiger partial charge < -0.3 is 82.1 Å². The summed E-state index contributed by atoms with van der Waals surface area (Å²) in [5.74, 6) is -7.86. The number of carbonyl (C=O) groups excluding carboxylic acids is 8. The second kappa shape index (κ2) is 44.3. The number of halogens is 8. The molecule has 15 rings (SSSR count). The van der Waals surface area contributed by atoms with Crippen molar-refractivity contribution in [1.82, 2.24) is 34.7 Å². The van der Waals surface area contributed by atoms with Crippen LogP contribution in [-0.4, -0.2) is 209 Å². The zero-order chi connectivity index (χ0) is 94.0. The van der Waals surface area contributed by atoms with E-state index in [0.717, 1.165) is 97.4 Å². The molecule has 7 saturated heterocycles. The van der Waals surface area contributed by atoms with Gasteiger partial charge >= 0.3 is 36.3 Å². The maximum Gasteiger partial charge on any atom is 0.410 e. The number of ether oxygens (including phenoxy) is 10. The van der Waals surface area contributed by atoms with Crippen molar-refractivity contribution in [3.63, 3.8) is 0 Å². The van der Waals surface area contributed by atoms with Gasteiger partial charge in [-0.15, -0.1) is 0 Å². The maximum absolute atomic E-state index is 13.7. The van der Waals surface area contributed by atoms with Crippen molar-refractivity contribution >= 4 is 48.1 Å². The van der Waals surface area contributed by atoms with Gasteiger partial charge in [0.1, 0.15) is 59.6 Å². The van der Waals surface area contributed by atoms with E-state index in [4.69, 9.17) is 47.4 Å². The molecule has 7 aromatic rings. The van der Waals surface area contributed by atoms with E-state index in [1.54, 1.807) is 61.1 Å². The molecule has 0 bridgehead atoms. The third-order valence-electron chi connectivity index (χ3n) is 24.0. The van der Waals surface area contributed by atoms with Gasteiger partial charge in [0.2, 0.25) is 11.8 Å². The summed E-state index contributed by atoms with van der Waals surface area (Å²) in [5.41, 5.74) is 0.746. The van der Waals surface area contributed by atoms with Crippen LogP contribution in [0.4, 0.5) is 54.3 Å². The van der Waals surface area contributed by atoms with Gasteiger partial charge in [-0.25, -0.2) is 54.3 Å². The highest BCUT2D eigenvalue weighted by atomic mass is 19.2. The number of likely N-dealkylation sites (tertiary alicyclic amines) is 6. The average Bonchev–Trinajstić information content (AvgIpc) is 1.64. The van der Waals surface area contributed by atoms with E-state index in [-0.39, 0.29) is 173 Å². The Balaban J connectivity index is 0.000000160. The summed E-state index contributed by atoms with van der Waals surface area (Å²) < 4.78 is 162. The summed E-state index contributed by atoms with van der Waals surface area (Å²) in [6.45, 7) is 21.0. The van der Waals surface area contributed by atoms with Gasteiger partial charge in [-0.3, -0.25) is 19.2 Å². The van der Waals surface area contributed by atoms with Crippen LogP contribution < -0.4 is 24.3 Å². The fourth-order valence-electron chi connectivity index (χ4n) is 18.1. The number of nitrogens with zero attached hydrogens (tertiary/aromatic N) is 6. The van der Waals surface area contributed by atoms with Crippen molar-refractivity contribution in [3.05, 3.63) is 227 Å². The second-order valence-corrected chi connectivity index (χ2v) is 36.8. The number of hydrogen-bond acceptors (Lipinski definition) is 19. The molecule has 1 aliphatic carbocycles. The van der Waals surface area contributed by atoms with Gasteiger partial charge in [0.05, 0.1) is 63.4 Å². The number of nitrogens with one attached hydrogen (secondary N) is 1. The Hall–Kier alpha value is -11.9. The molecule has 7 heterocycles. The molecule has 706 valence electrons. The molecular formula is C98H115F8N7O18. The van der Waals surface area contributed by atoms with Gasteiger partial charge in [-0.1, -0.05) is 91.0 Å². The summed E-state index contributed by atoms with van der Waals surface area (Å²) in [7, 11) is 0. The first kappa shape index (κ1) is 98.1. The van der Waals surface area contributed by atoms with E-state index in [9.17, 15) is 73.5 Å². The minimum atomic E-state index is -1.02. The van der Waals surface area contributed by atoms with Gasteiger partial charge in [-0.2, -0.15) is 0 Å². The molecule has 7 aliphatic heterocycles. The first-order valence-corrected chi connectivity index (χ1v) is 44.4. The lowest BCUT2D eigenvalue weighted by Crippen LogP contribution is -2.46. The summed E-state index contributed by atoms with van der Waals surface area (Å²) in [4.78, 5) is 112. The average molecular weight is 1830 g/mol. The quantitative estimate of drug-likeness (QED) is 0.0335. The highest BCUT2D eigenvalue weighted by Crippen LogP contribution is 2.44. The summed E-state index contributed by atoms with van der Waals surface area (Å²) in [6, 6.07) is 40.6. The molecular weight excluding hydrogens is 1720 g/mol. The van der Waals surface area contributed by atoms with Gasteiger partial charge in [0, 0.05) is 118 Å². The summed E-state index contributed by atoms with van der Waals surface area (Å²) >= 11 is 0. The Morgan fingerprint density at radius 2 is 0.664 bits per heavy atom. The zero-order valence-corrected chi connectivity index (χ0v) is 75.0. The highest BCUT2D eigenvalue weighted by Gasteiger charge is 2.56. The lowest BCUT2D eigenvalue weighted by atomic mass is 9.99. The van der Waals surface area contributed by atoms with Crippen LogP contribution in [0.2, 0.25) is 0 Å². The fraction of sp³-hybridized carbons (Fsp3) is 0.490. The van der Waals surface area contributed by atoms with Crippen LogP contribution in [-0.2, 0) is 67.4 Å². The largest absolute Gasteiger partial charge is 0.493 e. The predicted molar refractivity (Wildman–Crippen MR) is 464 cm³/mol. The topological polar surface area (TPSA) is 260 Å². The van der Waals surface area contributed by atoms with E-state index in [0.29, 0.717) is 63.8 Å². The van der Waals surface area contributed by atoms with Crippen LogP contribution in [0.15, 0.2) is 164 Å². The molecule has 25 nitrogen and oxygen atoms in total. The number of esters is 2. The predicted octanol–water partition coefficient (Wildman–Crippen LogP) is 17.1. The minimum Gasteiger partial charge on any atom is -0.493 e. The van der Waals surface area contributed by atoms with Crippen molar-refractivity contribution in [2.24, 2.45) is 29.6 Å². The van der Waals surface area contributed by atoms with Crippen molar-refractivity contribution in [2.45, 2.75) is 205 Å². The standard InChI is InChI=1S/C29H34F2N2O6.C26H30F2N2O5.C24H26F2N2O4.C19H25F2NO3/c1-29(2,3)39-28(36)32-14-13-24-27(32)20(18-37-21-9-10-22(30)23(31)15-21)16-33(24)25(34)11-12-26(35)38-17-19-7-5-4-6-8-19;1-26(2,3)35-25(32)29-12-11-22-23(29)18(16-33-19-9-10-20(27)21(28)13-19)14-30(22)24(31)34-15-17-7-5-4-6-8-17;25-19-7-6-18(12-20(19)26)31-15-17-13-28(21-10-11-27-24(17)21)22(29)8-9-23(30)32-14-16-4-2-1-3-5-16;1-19(2,3)25-18(23)22-9-8-12-4-5-13(17(12)22)11-24-14-6-7-15(20)16(21)10-14/h4-10,15,20,24,27H,11-14,16-18H2,1-3H3;4-10,13,18,22-23H,11-12,14-16H2,1-3H3;1-7,12,17,21,24,27H,8-11,13-15H2;6-7,10,12-13,17H,4-5,8-9,11H2,1-3H3/t20-,24-,27-;18-,22-,23-;17-,21-,24-;12-,13-,17+/m1111/s1. The number of rotatable bonds is 24. The molecule has 7 aromatic carbocycles. The number of carbonyl (C=O) groups is 8. The van der Waals surface area contributed by atoms with Crippen LogP contribution in [0.1, 0.15) is 143 Å². The fourth-order valence-corrected chi connectivity index (χ4v) is 18.1. The van der Waals surface area contributed by atoms with Crippen LogP contribution in [0.3, 0.4) is 0 Å². The van der Waals surface area contributed by atoms with Crippen LogP contribution >= 0.6 is 0 Å². The smallest absolute Gasteiger partial charge is 0.410 e. The van der Waals surface area contributed by atoms with Crippen LogP contribution in [0.5, 0.6) is 23.0 Å². The molecule has 8 fully saturated rings. The van der Waals surface area contributed by atoms with E-state index in [2.05, 4.69) is 5.32 Å². The number of hydrogen-bond donors (Lipinski definition) is 1. The van der Waals surface area contributed by atoms with E-state index >= 15 is 0 Å². The van der Waals surface area contributed by atoms with Gasteiger partial charge in [0.15, 0.2) is 46.5 Å². The molecule has 6 amide bonds. The highest BCUT2D eigenvalue weighted by molar-refractivity contribution is 5.83. The molecule has 1 saturated carbocycles. The number of fused-ring (bicyclic) bond motifs is 4. The zero-order valence-electron chi connectivity index (χ0n) is 75.0. The van der Waals surface area contributed by atoms with Crippen LogP contribution in [0, 0.1) is 76.1 Å². The molecule has 33 heteroatoms. The lowest BCUT2D eigenvalue weighted by Gasteiger charge is -2.31. The van der Waals surface area contributed by atoms with Crippen molar-refractivity contribution in [1.29, 1.82) is 0 Å². The third kappa shape index (κ3) is 27.2. The summed E-state index contributed by atoms with van der Waals surface area (Å²) in [5, 5.41) is 3.41. The number of benzene rings is 7. The van der Waals surface area contributed by atoms with Crippen molar-refractivity contribution in [3.8, 4) is 23.0 Å². The van der Waals surface area contributed by atoms with Gasteiger partial charge in [0.25, 0.3) is 0 Å². The second-order valence-electron chi connectivity index (χ2n) is 36.8. The summed E-state index contributed by atoms with van der Waals surface area (Å²) in [6.07, 6.45) is 3.29. The Labute approximate surface area is 757 Å². The molecule has 0 unspecified atom stereocenters. The molecule has 0 radical (unpaired) electrons. The van der Waals surface area contributed by atoms with E-state index in [1.807, 2.05) is 122 Å². The third-order valence-corrected chi connectivity index (χ3v) is 24.0. The van der Waals surface area contributed by atoms with Crippen molar-refractivity contribution in [2.75, 3.05) is 72.2 Å². The monoisotopic (exact) mass is 1830 g/mol. The normalized spacial score (nSPS) is 22.1. The SMILES string of the molecule is CC(C)(C)OC(=O)N1CC[C@@H]2[C@H]1[C@@H](COc1ccc(F)c(F)c1)CN2C(=O)CCC(=O)OCc1ccccc1.CC(C)(C)OC(=O)N1CC[C@@H]2[C@H]1[C@@H](COc1ccc(F)c(F)c1)CN2C(=O)OCc1ccccc1.CC(C)(C)OC(=O)N1CC[C@H]2CC[C@H](COc3ccc(F)c(F)c3)[C@H]21.O=C(CCC(=O)N1C[C@H](COc2ccc(F)c(F)c2)[C@H]2NCC[C@H]21)OCc1ccccc1. The van der Waals surface area contributed by atoms with E-state index in [1.165, 1.54) is 24.3 Å². The molecule has 12 atom stereocenters. The molecule has 0 aromatic heterocycles. The van der Waals surface area contributed by atoms with Gasteiger partial charge in [-0.05, 0) is 179 Å². The van der Waals surface area contributed by atoms with Crippen molar-refractivity contribution < 1.29 is 121 Å². The Bertz CT molecular complexity index is 5070. The Kier molecular flexibility index (Phi) is 33.2. The minimum absolute atomic E-state index is 0.0181. The molecule has 1 N–H and O–H groups in total. The van der Waals surface area contributed by atoms with E-state index < -0.39 is 93.6 Å². The Morgan fingerprint density at radius 3 is 1.05 bits per heavy atom. The van der Waals surface area contributed by atoms with Crippen LogP contribution in [0.25, 0.3) is 0 Å². The number of amides is 6. The maximum atomic E-state index is 13.7. The molecule has 8 aliphatic rings. The molecule has 0 spiro atoms.